The Kier molecular flexibility index (Phi) is 4.54. The number of hydrogen-bond acceptors (Lipinski definition) is 5. The molecule has 0 spiro atoms. The van der Waals surface area contributed by atoms with Crippen LogP contribution in [0.15, 0.2) is 53.5 Å². The molecule has 8 nitrogen and oxygen atoms in total. The topological polar surface area (TPSA) is 125 Å². The second-order valence-electron chi connectivity index (χ2n) is 6.56. The molecule has 0 saturated heterocycles. The number of benzene rings is 2. The number of imidazole rings is 1. The molecule has 154 valence electrons. The van der Waals surface area contributed by atoms with E-state index in [0.29, 0.717) is 11.0 Å². The summed E-state index contributed by atoms with van der Waals surface area (Å²) in [6.07, 6.45) is -4.68. The Morgan fingerprint density at radius 1 is 1.10 bits per heavy atom. The fraction of sp³-hybridized carbons (Fsp3) is 0.158. The van der Waals surface area contributed by atoms with Gasteiger partial charge in [0.1, 0.15) is 11.5 Å². The number of rotatable bonds is 4. The van der Waals surface area contributed by atoms with Crippen molar-refractivity contribution in [3.8, 4) is 0 Å². The summed E-state index contributed by atoms with van der Waals surface area (Å²) in [5.41, 5.74) is 2.91. The molecular weight excluding hydrogens is 401 g/mol. The zero-order chi connectivity index (χ0) is 21.5. The van der Waals surface area contributed by atoms with E-state index in [-0.39, 0.29) is 18.2 Å². The molecule has 30 heavy (non-hydrogen) atoms. The number of carbonyl (C=O) groups excluding carboxylic acids is 2. The van der Waals surface area contributed by atoms with E-state index in [1.54, 1.807) is 24.3 Å². The lowest BCUT2D eigenvalue weighted by Gasteiger charge is -2.25. The van der Waals surface area contributed by atoms with Gasteiger partial charge < -0.3 is 16.0 Å². The molecule has 1 aliphatic heterocycles. The lowest BCUT2D eigenvalue weighted by Crippen LogP contribution is -2.58. The highest BCUT2D eigenvalue weighted by Gasteiger charge is 2.52. The molecule has 1 unspecified atom stereocenters. The quantitative estimate of drug-likeness (QED) is 0.518. The molecule has 0 saturated carbocycles. The van der Waals surface area contributed by atoms with Gasteiger partial charge in [0.25, 0.3) is 11.8 Å². The van der Waals surface area contributed by atoms with E-state index in [1.165, 1.54) is 12.1 Å². The third kappa shape index (κ3) is 3.08. The molecule has 0 aliphatic carbocycles. The van der Waals surface area contributed by atoms with Crippen LogP contribution >= 0.6 is 0 Å². The third-order valence-electron chi connectivity index (χ3n) is 4.75. The second kappa shape index (κ2) is 6.95. The number of nitrogens with two attached hydrogens (primary N) is 1. The Morgan fingerprint density at radius 2 is 1.80 bits per heavy atom. The summed E-state index contributed by atoms with van der Waals surface area (Å²) in [6, 6.07) is 11.4. The highest BCUT2D eigenvalue weighted by molar-refractivity contribution is 6.50. The number of nitrogens with one attached hydrogen (secondary N) is 3. The number of carbonyl (C=O) groups is 2. The van der Waals surface area contributed by atoms with Gasteiger partial charge in [-0.15, -0.1) is 0 Å². The van der Waals surface area contributed by atoms with Crippen LogP contribution in [0.25, 0.3) is 11.0 Å². The standard InChI is InChI=1S/C19H15F3N6O2/c20-19(21,22)10-5-1-2-6-11(10)26-15(29)14-18(16(23)30,25-9-24-14)17-27-12-7-3-4-8-13(12)28-17/h1-8,25H,9H2,(H2,23,30)(H,26,29)(H,27,28). The van der Waals surface area contributed by atoms with Crippen molar-refractivity contribution in [1.82, 2.24) is 15.3 Å². The van der Waals surface area contributed by atoms with Gasteiger partial charge in [-0.1, -0.05) is 24.3 Å². The number of nitrogens with zero attached hydrogens (tertiary/aromatic N) is 2. The molecule has 2 amide bonds. The summed E-state index contributed by atoms with van der Waals surface area (Å²) in [6.45, 7) is -0.149. The van der Waals surface area contributed by atoms with Gasteiger partial charge in [-0.2, -0.15) is 13.2 Å². The van der Waals surface area contributed by atoms with Crippen molar-refractivity contribution in [2.24, 2.45) is 10.7 Å². The van der Waals surface area contributed by atoms with Gasteiger partial charge >= 0.3 is 6.18 Å². The van der Waals surface area contributed by atoms with Gasteiger partial charge in [-0.05, 0) is 24.3 Å². The van der Waals surface area contributed by atoms with Crippen molar-refractivity contribution in [1.29, 1.82) is 0 Å². The van der Waals surface area contributed by atoms with Crippen LogP contribution in [0, 0.1) is 0 Å². The molecule has 1 aromatic heterocycles. The summed E-state index contributed by atoms with van der Waals surface area (Å²) in [5.74, 6) is -1.96. The highest BCUT2D eigenvalue weighted by atomic mass is 19.4. The zero-order valence-corrected chi connectivity index (χ0v) is 15.2. The fourth-order valence-corrected chi connectivity index (χ4v) is 3.35. The minimum atomic E-state index is -4.68. The first-order valence-corrected chi connectivity index (χ1v) is 8.76. The molecule has 2 heterocycles. The molecule has 0 bridgehead atoms. The predicted octanol–water partition coefficient (Wildman–Crippen LogP) is 1.90. The number of amides is 2. The molecule has 2 aromatic carbocycles. The molecule has 4 rings (SSSR count). The van der Waals surface area contributed by atoms with Gasteiger partial charge in [-0.25, -0.2) is 4.98 Å². The molecule has 0 fully saturated rings. The average Bonchev–Trinajstić information content (AvgIpc) is 3.32. The van der Waals surface area contributed by atoms with Crippen LogP contribution in [0.4, 0.5) is 18.9 Å². The second-order valence-corrected chi connectivity index (χ2v) is 6.56. The van der Waals surface area contributed by atoms with Crippen molar-refractivity contribution < 1.29 is 22.8 Å². The van der Waals surface area contributed by atoms with Crippen molar-refractivity contribution in [3.63, 3.8) is 0 Å². The Hall–Kier alpha value is -3.73. The van der Waals surface area contributed by atoms with Crippen LogP contribution in [0.2, 0.25) is 0 Å². The first-order chi connectivity index (χ1) is 14.2. The minimum absolute atomic E-state index is 0.0201. The lowest BCUT2D eigenvalue weighted by molar-refractivity contribution is -0.137. The van der Waals surface area contributed by atoms with Gasteiger partial charge in [0.05, 0.1) is 29.0 Å². The largest absolute Gasteiger partial charge is 0.418 e. The molecule has 1 aliphatic rings. The summed E-state index contributed by atoms with van der Waals surface area (Å²) in [5, 5.41) is 4.95. The third-order valence-corrected chi connectivity index (χ3v) is 4.75. The number of alkyl halides is 3. The number of aromatic amines is 1. The van der Waals surface area contributed by atoms with Gasteiger partial charge in [0.2, 0.25) is 5.54 Å². The Morgan fingerprint density at radius 3 is 2.50 bits per heavy atom. The van der Waals surface area contributed by atoms with E-state index >= 15 is 0 Å². The number of fused-ring (bicyclic) bond motifs is 1. The van der Waals surface area contributed by atoms with Gasteiger partial charge in [0.15, 0.2) is 0 Å². The normalized spacial score (nSPS) is 19.0. The zero-order valence-electron chi connectivity index (χ0n) is 15.2. The summed E-state index contributed by atoms with van der Waals surface area (Å²) in [7, 11) is 0. The number of primary amides is 1. The first kappa shape index (κ1) is 19.6. The van der Waals surface area contributed by atoms with Gasteiger partial charge in [0, 0.05) is 0 Å². The van der Waals surface area contributed by atoms with E-state index < -0.39 is 34.8 Å². The summed E-state index contributed by atoms with van der Waals surface area (Å²) >= 11 is 0. The van der Waals surface area contributed by atoms with Crippen molar-refractivity contribution in [3.05, 3.63) is 59.9 Å². The predicted molar refractivity (Wildman–Crippen MR) is 102 cm³/mol. The number of halogens is 3. The minimum Gasteiger partial charge on any atom is -0.367 e. The number of aliphatic imine (C=N–C) groups is 1. The maximum atomic E-state index is 13.3. The van der Waals surface area contributed by atoms with Crippen LogP contribution in [-0.4, -0.2) is 34.2 Å². The number of hydrogen-bond donors (Lipinski definition) is 4. The number of anilines is 1. The summed E-state index contributed by atoms with van der Waals surface area (Å²) in [4.78, 5) is 36.6. The maximum absolute atomic E-state index is 13.3. The van der Waals surface area contributed by atoms with Crippen molar-refractivity contribution >= 4 is 34.2 Å². The fourth-order valence-electron chi connectivity index (χ4n) is 3.35. The molecular formula is C19H15F3N6O2. The van der Waals surface area contributed by atoms with Crippen LogP contribution < -0.4 is 16.4 Å². The maximum Gasteiger partial charge on any atom is 0.418 e. The van der Waals surface area contributed by atoms with Crippen LogP contribution in [0.5, 0.6) is 0 Å². The molecule has 1 atom stereocenters. The molecule has 0 radical (unpaired) electrons. The highest BCUT2D eigenvalue weighted by Crippen LogP contribution is 2.35. The number of aromatic nitrogens is 2. The monoisotopic (exact) mass is 416 g/mol. The van der Waals surface area contributed by atoms with Gasteiger partial charge in [-0.3, -0.25) is 19.9 Å². The van der Waals surface area contributed by atoms with Crippen molar-refractivity contribution in [2.45, 2.75) is 11.7 Å². The van der Waals surface area contributed by atoms with Crippen LogP contribution in [-0.2, 0) is 21.3 Å². The number of para-hydroxylation sites is 3. The van der Waals surface area contributed by atoms with E-state index in [2.05, 4.69) is 25.6 Å². The Bertz CT molecular complexity index is 1150. The molecule has 5 N–H and O–H groups in total. The Balaban J connectivity index is 1.75. The lowest BCUT2D eigenvalue weighted by atomic mass is 9.91. The molecule has 11 heteroatoms. The van der Waals surface area contributed by atoms with E-state index in [1.807, 2.05) is 0 Å². The number of H-pyrrole nitrogens is 1. The smallest absolute Gasteiger partial charge is 0.367 e. The van der Waals surface area contributed by atoms with E-state index in [0.717, 1.165) is 12.1 Å². The average molecular weight is 416 g/mol. The Labute approximate surface area is 167 Å². The molecule has 3 aromatic rings. The van der Waals surface area contributed by atoms with Crippen LogP contribution in [0.1, 0.15) is 11.4 Å². The van der Waals surface area contributed by atoms with Crippen molar-refractivity contribution in [2.75, 3.05) is 12.0 Å². The van der Waals surface area contributed by atoms with E-state index in [4.69, 9.17) is 5.73 Å². The summed E-state index contributed by atoms with van der Waals surface area (Å²) < 4.78 is 39.8. The first-order valence-electron chi connectivity index (χ1n) is 8.76. The van der Waals surface area contributed by atoms with Crippen LogP contribution in [0.3, 0.4) is 0 Å². The SMILES string of the molecule is NC(=O)C1(c2nc3ccccc3[nH]2)NCN=C1C(=O)Nc1ccccc1C(F)(F)F. The van der Waals surface area contributed by atoms with E-state index in [9.17, 15) is 22.8 Å².